The molecule has 2 rings (SSSR count). The highest BCUT2D eigenvalue weighted by atomic mass is 16.2. The molecule has 0 aliphatic heterocycles. The van der Waals surface area contributed by atoms with Crippen LogP contribution in [0.2, 0.25) is 0 Å². The predicted octanol–water partition coefficient (Wildman–Crippen LogP) is 2.28. The third-order valence-corrected chi connectivity index (χ3v) is 5.15. The van der Waals surface area contributed by atoms with Crippen LogP contribution >= 0.6 is 0 Å². The van der Waals surface area contributed by atoms with E-state index < -0.39 is 0 Å². The molecule has 0 unspecified atom stereocenters. The van der Waals surface area contributed by atoms with Crippen molar-refractivity contribution in [2.45, 2.75) is 39.2 Å². The van der Waals surface area contributed by atoms with Crippen LogP contribution in [0.15, 0.2) is 30.5 Å². The Kier molecular flexibility index (Phi) is 10.8. The summed E-state index contributed by atoms with van der Waals surface area (Å²) in [4.78, 5) is 34.7. The van der Waals surface area contributed by atoms with Crippen molar-refractivity contribution in [3.8, 4) is 11.8 Å². The maximum absolute atomic E-state index is 11.8. The van der Waals surface area contributed by atoms with Crippen molar-refractivity contribution in [1.82, 2.24) is 25.9 Å². The molecule has 182 valence electrons. The van der Waals surface area contributed by atoms with Gasteiger partial charge in [0.15, 0.2) is 0 Å². The minimum atomic E-state index is -0.208. The zero-order valence-corrected chi connectivity index (χ0v) is 20.7. The first-order valence-corrected chi connectivity index (χ1v) is 11.5. The Morgan fingerprint density at radius 1 is 1.18 bits per heavy atom. The number of rotatable bonds is 11. The molecule has 0 radical (unpaired) electrons. The number of carbonyl (C=O) groups excluding carboxylic acids is 2. The minimum Gasteiger partial charge on any atom is -0.358 e. The molecule has 1 heterocycles. The molecule has 1 atom stereocenters. The average Bonchev–Trinajstić information content (AvgIpc) is 2.86. The van der Waals surface area contributed by atoms with Crippen LogP contribution in [0.5, 0.6) is 0 Å². The van der Waals surface area contributed by atoms with Gasteiger partial charge in [-0.25, -0.2) is 4.98 Å². The molecule has 9 heteroatoms. The molecule has 1 aromatic carbocycles. The Morgan fingerprint density at radius 3 is 2.56 bits per heavy atom. The van der Waals surface area contributed by atoms with Gasteiger partial charge < -0.3 is 26.2 Å². The van der Waals surface area contributed by atoms with Crippen LogP contribution in [0.25, 0.3) is 0 Å². The number of hydrogen-bond acceptors (Lipinski definition) is 7. The smallest absolute Gasteiger partial charge is 0.251 e. The Morgan fingerprint density at radius 2 is 1.91 bits per heavy atom. The first kappa shape index (κ1) is 26.6. The summed E-state index contributed by atoms with van der Waals surface area (Å²) in [6.45, 7) is 5.35. The summed E-state index contributed by atoms with van der Waals surface area (Å²) >= 11 is 0. The lowest BCUT2D eigenvalue weighted by atomic mass is 10.2. The van der Waals surface area contributed by atoms with E-state index in [-0.39, 0.29) is 17.9 Å². The number of anilines is 3. The van der Waals surface area contributed by atoms with Crippen molar-refractivity contribution in [3.63, 3.8) is 0 Å². The molecule has 0 spiro atoms. The van der Waals surface area contributed by atoms with E-state index in [1.165, 1.54) is 0 Å². The number of nitrogens with zero attached hydrogens (tertiary/aromatic N) is 3. The topological polar surface area (TPSA) is 111 Å². The monoisotopic (exact) mass is 465 g/mol. The van der Waals surface area contributed by atoms with Crippen LogP contribution in [0.4, 0.5) is 17.5 Å². The number of carbonyl (C=O) groups is 2. The molecule has 0 fully saturated rings. The molecule has 4 N–H and O–H groups in total. The summed E-state index contributed by atoms with van der Waals surface area (Å²) in [5, 5.41) is 11.6. The van der Waals surface area contributed by atoms with E-state index in [0.29, 0.717) is 24.5 Å². The van der Waals surface area contributed by atoms with Gasteiger partial charge in [0, 0.05) is 44.9 Å². The fraction of sp³-hybridized carbons (Fsp3) is 0.440. The van der Waals surface area contributed by atoms with E-state index in [9.17, 15) is 9.59 Å². The largest absolute Gasteiger partial charge is 0.358 e. The summed E-state index contributed by atoms with van der Waals surface area (Å²) in [6.07, 6.45) is 4.12. The van der Waals surface area contributed by atoms with Crippen LogP contribution < -0.4 is 26.2 Å². The van der Waals surface area contributed by atoms with Crippen LogP contribution in [0.3, 0.4) is 0 Å². The van der Waals surface area contributed by atoms with Crippen LogP contribution in [-0.4, -0.2) is 62.1 Å². The van der Waals surface area contributed by atoms with Crippen molar-refractivity contribution >= 4 is 29.3 Å². The minimum absolute atomic E-state index is 0.0151. The highest BCUT2D eigenvalue weighted by molar-refractivity contribution is 5.94. The van der Waals surface area contributed by atoms with E-state index in [4.69, 9.17) is 0 Å². The van der Waals surface area contributed by atoms with Gasteiger partial charge in [0.1, 0.15) is 5.82 Å². The summed E-state index contributed by atoms with van der Waals surface area (Å²) in [5.41, 5.74) is 2.12. The number of aromatic nitrogens is 2. The lowest BCUT2D eigenvalue weighted by molar-refractivity contribution is -0.122. The highest BCUT2D eigenvalue weighted by Gasteiger charge is 2.11. The fourth-order valence-electron chi connectivity index (χ4n) is 3.06. The van der Waals surface area contributed by atoms with Crippen molar-refractivity contribution in [2.75, 3.05) is 44.4 Å². The zero-order valence-electron chi connectivity index (χ0n) is 20.7. The molecule has 2 amide bonds. The third kappa shape index (κ3) is 8.05. The van der Waals surface area contributed by atoms with Crippen LogP contribution in [-0.2, 0) is 4.79 Å². The molecule has 2 aromatic rings. The van der Waals surface area contributed by atoms with Gasteiger partial charge in [0.05, 0.1) is 17.8 Å². The van der Waals surface area contributed by atoms with Gasteiger partial charge in [0.2, 0.25) is 11.9 Å². The lowest BCUT2D eigenvalue weighted by Crippen LogP contribution is -2.40. The van der Waals surface area contributed by atoms with Gasteiger partial charge in [-0.1, -0.05) is 18.8 Å². The summed E-state index contributed by atoms with van der Waals surface area (Å²) in [5.74, 6) is 7.40. The molecule has 0 saturated heterocycles. The normalized spacial score (nSPS) is 11.1. The summed E-state index contributed by atoms with van der Waals surface area (Å²) in [7, 11) is 5.34. The first-order valence-electron chi connectivity index (χ1n) is 11.5. The van der Waals surface area contributed by atoms with E-state index in [1.54, 1.807) is 32.4 Å². The fourth-order valence-corrected chi connectivity index (χ4v) is 3.06. The Labute approximate surface area is 202 Å². The van der Waals surface area contributed by atoms with Crippen molar-refractivity contribution in [3.05, 3.63) is 41.6 Å². The molecule has 0 aliphatic rings. The Hall–Kier alpha value is -3.64. The third-order valence-electron chi connectivity index (χ3n) is 5.15. The average molecular weight is 466 g/mol. The van der Waals surface area contributed by atoms with Crippen molar-refractivity contribution in [1.29, 1.82) is 0 Å². The van der Waals surface area contributed by atoms with Gasteiger partial charge in [-0.2, -0.15) is 4.98 Å². The molecule has 1 aromatic heterocycles. The molecule has 0 saturated carbocycles. The summed E-state index contributed by atoms with van der Waals surface area (Å²) in [6, 6.07) is 6.90. The van der Waals surface area contributed by atoms with E-state index in [2.05, 4.69) is 54.9 Å². The number of hydrogen-bond donors (Lipinski definition) is 4. The quantitative estimate of drug-likeness (QED) is 0.298. The maximum Gasteiger partial charge on any atom is 0.251 e. The molecular weight excluding hydrogens is 430 g/mol. The van der Waals surface area contributed by atoms with Crippen molar-refractivity contribution < 1.29 is 9.59 Å². The van der Waals surface area contributed by atoms with Gasteiger partial charge >= 0.3 is 0 Å². The summed E-state index contributed by atoms with van der Waals surface area (Å²) < 4.78 is 0. The van der Waals surface area contributed by atoms with Crippen LogP contribution in [0, 0.1) is 11.8 Å². The second-order valence-electron chi connectivity index (χ2n) is 7.84. The van der Waals surface area contributed by atoms with Gasteiger partial charge in [-0.15, -0.1) is 0 Å². The van der Waals surface area contributed by atoms with Gasteiger partial charge in [-0.3, -0.25) is 9.59 Å². The van der Waals surface area contributed by atoms with Gasteiger partial charge in [-0.05, 0) is 51.1 Å². The van der Waals surface area contributed by atoms with E-state index in [1.807, 2.05) is 26.1 Å². The first-order chi connectivity index (χ1) is 16.4. The van der Waals surface area contributed by atoms with E-state index in [0.717, 1.165) is 36.5 Å². The molecular formula is C25H35N7O2. The standard InChI is InChI=1S/C25H35N7O2/c1-6-16-32(5)22-20(10-8-7-9-15-28-23(33)18(2)26-3)17-29-25(31-22)30-21-13-11-19(12-14-21)24(34)27-4/h11-14,17-18,26H,6-7,9,15-16H2,1-5H3,(H,27,34)(H,28,33)(H,29,30,31)/t18-/m0/s1. The predicted molar refractivity (Wildman–Crippen MR) is 136 cm³/mol. The SMILES string of the molecule is CCCN(C)c1nc(Nc2ccc(C(=O)NC)cc2)ncc1C#CCCCNC(=O)[C@H](C)NC. The number of amides is 2. The number of unbranched alkanes of at least 4 members (excludes halogenated alkanes) is 1. The van der Waals surface area contributed by atoms with E-state index >= 15 is 0 Å². The number of nitrogens with one attached hydrogen (secondary N) is 4. The highest BCUT2D eigenvalue weighted by Crippen LogP contribution is 2.20. The Bertz CT molecular complexity index is 1010. The number of likely N-dealkylation sites (N-methyl/N-ethyl adjacent to an activating group) is 1. The Balaban J connectivity index is 2.07. The van der Waals surface area contributed by atoms with Gasteiger partial charge in [0.25, 0.3) is 5.91 Å². The molecule has 0 bridgehead atoms. The van der Waals surface area contributed by atoms with Crippen molar-refractivity contribution in [2.24, 2.45) is 0 Å². The van der Waals surface area contributed by atoms with Crippen LogP contribution in [0.1, 0.15) is 49.0 Å². The second-order valence-corrected chi connectivity index (χ2v) is 7.84. The molecule has 34 heavy (non-hydrogen) atoms. The number of benzene rings is 1. The molecule has 9 nitrogen and oxygen atoms in total. The maximum atomic E-state index is 11.8. The molecule has 0 aliphatic carbocycles. The zero-order chi connectivity index (χ0) is 24.9. The lowest BCUT2D eigenvalue weighted by Gasteiger charge is -2.19. The second kappa shape index (κ2) is 13.8.